The average molecular weight is 167 g/mol. The molecule has 0 aliphatic carbocycles. The van der Waals surface area contributed by atoms with Gasteiger partial charge < -0.3 is 4.57 Å². The van der Waals surface area contributed by atoms with Crippen molar-refractivity contribution in [3.05, 3.63) is 17.7 Å². The summed E-state index contributed by atoms with van der Waals surface area (Å²) in [6, 6.07) is 0. The molecule has 0 fully saturated rings. The Balaban J connectivity index is 2.20. The summed E-state index contributed by atoms with van der Waals surface area (Å²) in [5.41, 5.74) is 0.939. The Labute approximate surface area is 71.3 Å². The van der Waals surface area contributed by atoms with E-state index in [0.29, 0.717) is 6.61 Å². The predicted octanol–water partition coefficient (Wildman–Crippen LogP) is 0.610. The molecule has 0 atom stereocenters. The van der Waals surface area contributed by atoms with E-state index in [0.717, 1.165) is 18.7 Å². The highest BCUT2D eigenvalue weighted by molar-refractivity contribution is 5.05. The third-order valence-electron chi connectivity index (χ3n) is 2.19. The van der Waals surface area contributed by atoms with Crippen LogP contribution in [0.1, 0.15) is 24.4 Å². The maximum atomic E-state index is 4.97. The first kappa shape index (κ1) is 7.76. The van der Waals surface area contributed by atoms with E-state index in [2.05, 4.69) is 14.4 Å². The van der Waals surface area contributed by atoms with E-state index in [4.69, 9.17) is 5.90 Å². The average Bonchev–Trinajstić information content (AvgIpc) is 2.47. The SMILES string of the molecule is NOCc1cn2c(n1)CCCC2. The molecule has 66 valence electrons. The zero-order valence-electron chi connectivity index (χ0n) is 6.99. The number of aromatic nitrogens is 2. The molecule has 0 amide bonds. The standard InChI is InChI=1S/C8H13N3O/c9-12-6-7-5-11-4-2-1-3-8(11)10-7/h5H,1-4,6,9H2. The van der Waals surface area contributed by atoms with Crippen molar-refractivity contribution < 1.29 is 4.84 Å². The van der Waals surface area contributed by atoms with Crippen molar-refractivity contribution in [1.82, 2.24) is 9.55 Å². The molecule has 0 aromatic carbocycles. The lowest BCUT2D eigenvalue weighted by molar-refractivity contribution is 0.121. The number of fused-ring (bicyclic) bond motifs is 1. The van der Waals surface area contributed by atoms with Crippen LogP contribution in [-0.2, 0) is 24.4 Å². The van der Waals surface area contributed by atoms with Crippen LogP contribution in [0, 0.1) is 0 Å². The van der Waals surface area contributed by atoms with Gasteiger partial charge in [0.1, 0.15) is 12.4 Å². The predicted molar refractivity (Wildman–Crippen MR) is 44.1 cm³/mol. The second kappa shape index (κ2) is 3.25. The van der Waals surface area contributed by atoms with Crippen LogP contribution in [0.25, 0.3) is 0 Å². The Hall–Kier alpha value is -0.870. The van der Waals surface area contributed by atoms with Gasteiger partial charge in [0.2, 0.25) is 0 Å². The summed E-state index contributed by atoms with van der Waals surface area (Å²) in [7, 11) is 0. The lowest BCUT2D eigenvalue weighted by atomic mass is 10.2. The molecular formula is C8H13N3O. The molecule has 1 aliphatic heterocycles. The zero-order chi connectivity index (χ0) is 8.39. The van der Waals surface area contributed by atoms with E-state index in [1.807, 2.05) is 6.20 Å². The summed E-state index contributed by atoms with van der Waals surface area (Å²) in [4.78, 5) is 8.93. The van der Waals surface area contributed by atoms with Gasteiger partial charge in [0.25, 0.3) is 0 Å². The van der Waals surface area contributed by atoms with Gasteiger partial charge in [-0.15, -0.1) is 0 Å². The molecule has 0 saturated carbocycles. The summed E-state index contributed by atoms with van der Waals surface area (Å²) in [5.74, 6) is 6.14. The van der Waals surface area contributed by atoms with Gasteiger partial charge in [-0.3, -0.25) is 4.84 Å². The van der Waals surface area contributed by atoms with Crippen molar-refractivity contribution in [3.63, 3.8) is 0 Å². The first-order valence-electron chi connectivity index (χ1n) is 4.27. The maximum absolute atomic E-state index is 4.97. The molecule has 12 heavy (non-hydrogen) atoms. The number of aryl methyl sites for hydroxylation is 2. The van der Waals surface area contributed by atoms with E-state index in [-0.39, 0.29) is 0 Å². The molecule has 1 aromatic heterocycles. The van der Waals surface area contributed by atoms with Crippen molar-refractivity contribution in [2.45, 2.75) is 32.4 Å². The Morgan fingerprint density at radius 1 is 1.58 bits per heavy atom. The van der Waals surface area contributed by atoms with E-state index < -0.39 is 0 Å². The largest absolute Gasteiger partial charge is 0.335 e. The van der Waals surface area contributed by atoms with Gasteiger partial charge in [-0.25, -0.2) is 10.9 Å². The Morgan fingerprint density at radius 2 is 2.50 bits per heavy atom. The minimum Gasteiger partial charge on any atom is -0.335 e. The summed E-state index contributed by atoms with van der Waals surface area (Å²) in [6.07, 6.45) is 5.62. The molecule has 4 nitrogen and oxygen atoms in total. The molecule has 0 radical (unpaired) electrons. The van der Waals surface area contributed by atoms with E-state index in [9.17, 15) is 0 Å². The molecule has 0 bridgehead atoms. The van der Waals surface area contributed by atoms with Crippen LogP contribution in [0.2, 0.25) is 0 Å². The third-order valence-corrected chi connectivity index (χ3v) is 2.19. The second-order valence-corrected chi connectivity index (χ2v) is 3.11. The van der Waals surface area contributed by atoms with Crippen LogP contribution >= 0.6 is 0 Å². The van der Waals surface area contributed by atoms with Crippen LogP contribution < -0.4 is 5.90 Å². The second-order valence-electron chi connectivity index (χ2n) is 3.11. The number of nitrogens with zero attached hydrogens (tertiary/aromatic N) is 2. The van der Waals surface area contributed by atoms with Gasteiger partial charge in [-0.05, 0) is 12.8 Å². The fourth-order valence-corrected chi connectivity index (χ4v) is 1.63. The van der Waals surface area contributed by atoms with Gasteiger partial charge in [0.15, 0.2) is 0 Å². The number of hydrogen-bond donors (Lipinski definition) is 1. The Kier molecular flexibility index (Phi) is 2.10. The van der Waals surface area contributed by atoms with Crippen molar-refractivity contribution in [3.8, 4) is 0 Å². The van der Waals surface area contributed by atoms with Crippen LogP contribution in [0.15, 0.2) is 6.20 Å². The molecule has 0 spiro atoms. The Morgan fingerprint density at radius 3 is 3.25 bits per heavy atom. The normalized spacial score (nSPS) is 16.1. The first-order chi connectivity index (χ1) is 5.90. The molecular weight excluding hydrogens is 154 g/mol. The van der Waals surface area contributed by atoms with Crippen molar-refractivity contribution in [2.75, 3.05) is 0 Å². The molecule has 0 unspecified atom stereocenters. The lowest BCUT2D eigenvalue weighted by Crippen LogP contribution is -2.08. The van der Waals surface area contributed by atoms with Crippen LogP contribution in [0.4, 0.5) is 0 Å². The first-order valence-corrected chi connectivity index (χ1v) is 4.27. The molecule has 2 rings (SSSR count). The monoisotopic (exact) mass is 167 g/mol. The fraction of sp³-hybridized carbons (Fsp3) is 0.625. The minimum absolute atomic E-state index is 0.417. The number of nitrogens with two attached hydrogens (primary N) is 1. The summed E-state index contributed by atoms with van der Waals surface area (Å²) < 4.78 is 2.19. The van der Waals surface area contributed by atoms with Gasteiger partial charge in [0, 0.05) is 19.2 Å². The summed E-state index contributed by atoms with van der Waals surface area (Å²) in [6.45, 7) is 1.51. The van der Waals surface area contributed by atoms with Crippen molar-refractivity contribution >= 4 is 0 Å². The molecule has 0 saturated heterocycles. The highest BCUT2D eigenvalue weighted by Crippen LogP contribution is 2.14. The zero-order valence-corrected chi connectivity index (χ0v) is 6.99. The molecule has 4 heteroatoms. The fourth-order valence-electron chi connectivity index (χ4n) is 1.63. The van der Waals surface area contributed by atoms with Crippen LogP contribution in [0.5, 0.6) is 0 Å². The lowest BCUT2D eigenvalue weighted by Gasteiger charge is -2.11. The molecule has 2 N–H and O–H groups in total. The van der Waals surface area contributed by atoms with Crippen molar-refractivity contribution in [2.24, 2.45) is 5.90 Å². The molecule has 2 heterocycles. The minimum atomic E-state index is 0.417. The number of rotatable bonds is 2. The Bertz CT molecular complexity index is 246. The third kappa shape index (κ3) is 1.35. The maximum Gasteiger partial charge on any atom is 0.112 e. The van der Waals surface area contributed by atoms with E-state index >= 15 is 0 Å². The number of hydrogen-bond acceptors (Lipinski definition) is 3. The summed E-state index contributed by atoms with van der Waals surface area (Å²) in [5, 5.41) is 0. The van der Waals surface area contributed by atoms with Gasteiger partial charge in [-0.1, -0.05) is 0 Å². The topological polar surface area (TPSA) is 53.1 Å². The van der Waals surface area contributed by atoms with Gasteiger partial charge in [-0.2, -0.15) is 0 Å². The van der Waals surface area contributed by atoms with Crippen LogP contribution in [-0.4, -0.2) is 9.55 Å². The smallest absolute Gasteiger partial charge is 0.112 e. The number of imidazole rings is 1. The van der Waals surface area contributed by atoms with Gasteiger partial charge in [0.05, 0.1) is 5.69 Å². The highest BCUT2D eigenvalue weighted by Gasteiger charge is 2.11. The van der Waals surface area contributed by atoms with E-state index in [1.54, 1.807) is 0 Å². The van der Waals surface area contributed by atoms with Gasteiger partial charge >= 0.3 is 0 Å². The molecule has 1 aromatic rings. The quantitative estimate of drug-likeness (QED) is 0.656. The van der Waals surface area contributed by atoms with Crippen molar-refractivity contribution in [1.29, 1.82) is 0 Å². The van der Waals surface area contributed by atoms with Crippen LogP contribution in [0.3, 0.4) is 0 Å². The summed E-state index contributed by atoms with van der Waals surface area (Å²) >= 11 is 0. The molecule has 1 aliphatic rings. The van der Waals surface area contributed by atoms with E-state index in [1.165, 1.54) is 18.7 Å². The highest BCUT2D eigenvalue weighted by atomic mass is 16.6.